The van der Waals surface area contributed by atoms with Crippen LogP contribution in [0.4, 0.5) is 0 Å². The lowest BCUT2D eigenvalue weighted by atomic mass is 9.90. The van der Waals surface area contributed by atoms with E-state index in [1.54, 1.807) is 7.11 Å². The summed E-state index contributed by atoms with van der Waals surface area (Å²) in [4.78, 5) is 14.5. The third kappa shape index (κ3) is 3.93. The number of ether oxygens (including phenoxy) is 2. The Hall–Kier alpha value is -0.650. The van der Waals surface area contributed by atoms with Gasteiger partial charge >= 0.3 is 5.97 Å². The molecule has 1 heterocycles. The first-order valence-corrected chi connectivity index (χ1v) is 6.73. The van der Waals surface area contributed by atoms with Crippen LogP contribution in [-0.2, 0) is 14.3 Å². The summed E-state index contributed by atoms with van der Waals surface area (Å²) in [6, 6.07) is 0. The van der Waals surface area contributed by atoms with Crippen LogP contribution in [-0.4, -0.2) is 63.4 Å². The maximum absolute atomic E-state index is 12.1. The number of nitrogens with zero attached hydrogens (tertiary/aromatic N) is 1. The molecule has 5 heteroatoms. The summed E-state index contributed by atoms with van der Waals surface area (Å²) in [6.07, 6.45) is 2.65. The van der Waals surface area contributed by atoms with Crippen molar-refractivity contribution in [1.82, 2.24) is 10.2 Å². The van der Waals surface area contributed by atoms with E-state index in [2.05, 4.69) is 17.1 Å². The molecule has 0 amide bonds. The number of methoxy groups -OCH3 is 2. The van der Waals surface area contributed by atoms with Gasteiger partial charge in [0.15, 0.2) is 0 Å². The number of carbonyl (C=O) groups excluding carboxylic acids is 1. The largest absolute Gasteiger partial charge is 0.468 e. The fourth-order valence-electron chi connectivity index (χ4n) is 2.55. The zero-order valence-corrected chi connectivity index (χ0v) is 11.8. The van der Waals surface area contributed by atoms with Crippen LogP contribution in [0.5, 0.6) is 0 Å². The SMILES string of the molecule is CCN1CCCC(NCCOC)(C(=O)OC)CC1. The van der Waals surface area contributed by atoms with E-state index in [9.17, 15) is 4.79 Å². The van der Waals surface area contributed by atoms with Crippen molar-refractivity contribution in [1.29, 1.82) is 0 Å². The highest BCUT2D eigenvalue weighted by atomic mass is 16.5. The molecule has 0 aromatic rings. The molecule has 0 aromatic carbocycles. The first-order valence-electron chi connectivity index (χ1n) is 6.73. The number of carbonyl (C=O) groups is 1. The van der Waals surface area contributed by atoms with Gasteiger partial charge in [-0.3, -0.25) is 10.1 Å². The molecule has 1 N–H and O–H groups in total. The number of likely N-dealkylation sites (tertiary alicyclic amines) is 1. The van der Waals surface area contributed by atoms with Gasteiger partial charge in [-0.15, -0.1) is 0 Å². The van der Waals surface area contributed by atoms with Crippen LogP contribution < -0.4 is 5.32 Å². The van der Waals surface area contributed by atoms with Crippen LogP contribution in [0.1, 0.15) is 26.2 Å². The minimum atomic E-state index is -0.531. The van der Waals surface area contributed by atoms with Gasteiger partial charge in [0.1, 0.15) is 5.54 Å². The summed E-state index contributed by atoms with van der Waals surface area (Å²) in [6.45, 7) is 6.47. The molecule has 0 bridgehead atoms. The lowest BCUT2D eigenvalue weighted by Crippen LogP contribution is -2.54. The Kier molecular flexibility index (Phi) is 6.60. The van der Waals surface area contributed by atoms with Gasteiger partial charge in [0.2, 0.25) is 0 Å². The van der Waals surface area contributed by atoms with Gasteiger partial charge in [0.25, 0.3) is 0 Å². The van der Waals surface area contributed by atoms with Gasteiger partial charge in [-0.05, 0) is 32.4 Å². The number of rotatable bonds is 6. The minimum Gasteiger partial charge on any atom is -0.468 e. The molecule has 1 unspecified atom stereocenters. The van der Waals surface area contributed by atoms with Crippen LogP contribution in [0.25, 0.3) is 0 Å². The van der Waals surface area contributed by atoms with Crippen molar-refractivity contribution < 1.29 is 14.3 Å². The first-order chi connectivity index (χ1) is 8.68. The van der Waals surface area contributed by atoms with E-state index in [1.807, 2.05) is 0 Å². The summed E-state index contributed by atoms with van der Waals surface area (Å²) in [5.74, 6) is -0.142. The topological polar surface area (TPSA) is 50.8 Å². The molecule has 0 aliphatic carbocycles. The van der Waals surface area contributed by atoms with Gasteiger partial charge < -0.3 is 14.4 Å². The predicted molar refractivity (Wildman–Crippen MR) is 70.6 cm³/mol. The van der Waals surface area contributed by atoms with Gasteiger partial charge in [-0.1, -0.05) is 6.92 Å². The molecular formula is C13H26N2O3. The summed E-state index contributed by atoms with van der Waals surface area (Å²) < 4.78 is 10.0. The third-order valence-corrected chi connectivity index (χ3v) is 3.73. The summed E-state index contributed by atoms with van der Waals surface area (Å²) in [7, 11) is 3.13. The third-order valence-electron chi connectivity index (χ3n) is 3.73. The van der Waals surface area contributed by atoms with Crippen LogP contribution in [0.15, 0.2) is 0 Å². The molecule has 1 rings (SSSR count). The standard InChI is InChI=1S/C13H26N2O3/c1-4-15-9-5-6-13(7-10-15,12(16)18-3)14-8-11-17-2/h14H,4-11H2,1-3H3. The number of hydrogen-bond acceptors (Lipinski definition) is 5. The molecule has 1 aliphatic rings. The van der Waals surface area contributed by atoms with E-state index in [4.69, 9.17) is 9.47 Å². The molecule has 1 aliphatic heterocycles. The second kappa shape index (κ2) is 7.71. The van der Waals surface area contributed by atoms with E-state index in [0.717, 1.165) is 38.9 Å². The molecule has 1 atom stereocenters. The molecule has 5 nitrogen and oxygen atoms in total. The summed E-state index contributed by atoms with van der Waals surface area (Å²) in [5.41, 5.74) is -0.531. The Morgan fingerprint density at radius 2 is 2.11 bits per heavy atom. The number of nitrogens with one attached hydrogen (secondary N) is 1. The van der Waals surface area contributed by atoms with Crippen LogP contribution in [0.2, 0.25) is 0 Å². The van der Waals surface area contributed by atoms with Gasteiger partial charge in [-0.25, -0.2) is 0 Å². The molecule has 18 heavy (non-hydrogen) atoms. The predicted octanol–water partition coefficient (Wildman–Crippen LogP) is 0.640. The van der Waals surface area contributed by atoms with Crippen LogP contribution >= 0.6 is 0 Å². The molecule has 106 valence electrons. The van der Waals surface area contributed by atoms with E-state index < -0.39 is 5.54 Å². The molecule has 1 saturated heterocycles. The lowest BCUT2D eigenvalue weighted by molar-refractivity contribution is -0.149. The van der Waals surface area contributed by atoms with Gasteiger partial charge in [-0.2, -0.15) is 0 Å². The Morgan fingerprint density at radius 1 is 1.33 bits per heavy atom. The second-order valence-corrected chi connectivity index (χ2v) is 4.78. The zero-order valence-electron chi connectivity index (χ0n) is 11.8. The fraction of sp³-hybridized carbons (Fsp3) is 0.923. The zero-order chi connectivity index (χ0) is 13.4. The minimum absolute atomic E-state index is 0.142. The van der Waals surface area contributed by atoms with E-state index in [1.165, 1.54) is 7.11 Å². The maximum atomic E-state index is 12.1. The molecule has 0 spiro atoms. The van der Waals surface area contributed by atoms with Crippen LogP contribution in [0.3, 0.4) is 0 Å². The van der Waals surface area contributed by atoms with Crippen molar-refractivity contribution in [3.05, 3.63) is 0 Å². The average molecular weight is 258 g/mol. The lowest BCUT2D eigenvalue weighted by Gasteiger charge is -2.31. The Labute approximate surface area is 110 Å². The molecule has 0 aromatic heterocycles. The smallest absolute Gasteiger partial charge is 0.326 e. The highest BCUT2D eigenvalue weighted by molar-refractivity contribution is 5.80. The van der Waals surface area contributed by atoms with Crippen molar-refractivity contribution in [2.75, 3.05) is 47.0 Å². The molecule has 0 saturated carbocycles. The van der Waals surface area contributed by atoms with Crippen molar-refractivity contribution in [3.8, 4) is 0 Å². The van der Waals surface area contributed by atoms with Crippen LogP contribution in [0, 0.1) is 0 Å². The Balaban J connectivity index is 2.67. The highest BCUT2D eigenvalue weighted by Crippen LogP contribution is 2.23. The van der Waals surface area contributed by atoms with Crippen molar-refractivity contribution in [3.63, 3.8) is 0 Å². The Bertz CT molecular complexity index is 261. The highest BCUT2D eigenvalue weighted by Gasteiger charge is 2.40. The van der Waals surface area contributed by atoms with Gasteiger partial charge in [0.05, 0.1) is 13.7 Å². The summed E-state index contributed by atoms with van der Waals surface area (Å²) in [5, 5.41) is 3.35. The normalized spacial score (nSPS) is 25.7. The van der Waals surface area contributed by atoms with E-state index in [0.29, 0.717) is 13.2 Å². The van der Waals surface area contributed by atoms with Gasteiger partial charge in [0, 0.05) is 20.2 Å². The van der Waals surface area contributed by atoms with Crippen molar-refractivity contribution >= 4 is 5.97 Å². The average Bonchev–Trinajstić information content (AvgIpc) is 2.61. The number of hydrogen-bond donors (Lipinski definition) is 1. The molecular weight excluding hydrogens is 232 g/mol. The van der Waals surface area contributed by atoms with Crippen molar-refractivity contribution in [2.45, 2.75) is 31.7 Å². The maximum Gasteiger partial charge on any atom is 0.326 e. The fourth-order valence-corrected chi connectivity index (χ4v) is 2.55. The monoisotopic (exact) mass is 258 g/mol. The Morgan fingerprint density at radius 3 is 2.72 bits per heavy atom. The van der Waals surface area contributed by atoms with E-state index >= 15 is 0 Å². The first kappa shape index (κ1) is 15.4. The molecule has 1 fully saturated rings. The second-order valence-electron chi connectivity index (χ2n) is 4.78. The van der Waals surface area contributed by atoms with E-state index in [-0.39, 0.29) is 5.97 Å². The summed E-state index contributed by atoms with van der Waals surface area (Å²) >= 11 is 0. The van der Waals surface area contributed by atoms with Crippen molar-refractivity contribution in [2.24, 2.45) is 0 Å². The molecule has 0 radical (unpaired) electrons. The quantitative estimate of drug-likeness (QED) is 0.560. The number of esters is 1.